The highest BCUT2D eigenvalue weighted by atomic mass is 28.4. The first kappa shape index (κ1) is 38.4. The predicted octanol–water partition coefficient (Wildman–Crippen LogP) is 5.75. The molecule has 10 atom stereocenters. The second-order valence-corrected chi connectivity index (χ2v) is 27.9. The molecule has 5 aliphatic rings. The van der Waals surface area contributed by atoms with Gasteiger partial charge in [0.05, 0.1) is 43.5 Å². The zero-order valence-corrected chi connectivity index (χ0v) is 33.0. The fourth-order valence-corrected chi connectivity index (χ4v) is 18.5. The van der Waals surface area contributed by atoms with Crippen molar-refractivity contribution in [3.8, 4) is 0 Å². The van der Waals surface area contributed by atoms with Gasteiger partial charge in [-0.05, 0) is 6.92 Å². The number of fused-ring (bicyclic) bond motifs is 3. The van der Waals surface area contributed by atoms with Crippen LogP contribution >= 0.6 is 0 Å². The van der Waals surface area contributed by atoms with E-state index in [2.05, 4.69) is 83.1 Å². The van der Waals surface area contributed by atoms with Crippen molar-refractivity contribution < 1.29 is 46.9 Å². The zero-order valence-electron chi connectivity index (χ0n) is 31.0. The lowest BCUT2D eigenvalue weighted by molar-refractivity contribution is -0.213. The molecule has 0 aromatic carbocycles. The van der Waals surface area contributed by atoms with Crippen molar-refractivity contribution in [2.75, 3.05) is 19.8 Å². The smallest absolute Gasteiger partial charge is 0.349 e. The molecule has 0 saturated carbocycles. The van der Waals surface area contributed by atoms with Crippen LogP contribution in [0.4, 0.5) is 0 Å². The van der Waals surface area contributed by atoms with Crippen molar-refractivity contribution in [1.82, 2.24) is 0 Å². The summed E-state index contributed by atoms with van der Waals surface area (Å²) in [7, 11) is -5.01. The van der Waals surface area contributed by atoms with E-state index in [9.17, 15) is 15.0 Å². The van der Waals surface area contributed by atoms with E-state index in [-0.39, 0.29) is 87.3 Å². The Morgan fingerprint density at radius 2 is 1.15 bits per heavy atom. The predicted molar refractivity (Wildman–Crippen MR) is 180 cm³/mol. The molecule has 0 radical (unpaired) electrons. The molecule has 268 valence electrons. The van der Waals surface area contributed by atoms with Gasteiger partial charge in [-0.2, -0.15) is 0 Å². The van der Waals surface area contributed by atoms with Crippen molar-refractivity contribution in [1.29, 1.82) is 0 Å². The monoisotopic (exact) mass is 688 g/mol. The number of hydrogen-bond donors (Lipinski definition) is 2. The molecule has 0 unspecified atom stereocenters. The molecule has 5 fully saturated rings. The Morgan fingerprint density at radius 3 is 1.59 bits per heavy atom. The van der Waals surface area contributed by atoms with E-state index in [0.717, 1.165) is 6.42 Å². The molecule has 5 heterocycles. The minimum atomic E-state index is -2.52. The summed E-state index contributed by atoms with van der Waals surface area (Å²) in [5.41, 5.74) is 0. The van der Waals surface area contributed by atoms with Crippen LogP contribution in [0.15, 0.2) is 0 Å². The van der Waals surface area contributed by atoms with Crippen LogP contribution in [0.25, 0.3) is 0 Å². The molecule has 12 heteroatoms. The molecule has 5 rings (SSSR count). The van der Waals surface area contributed by atoms with Gasteiger partial charge in [0.2, 0.25) is 0 Å². The van der Waals surface area contributed by atoms with Crippen molar-refractivity contribution in [3.05, 3.63) is 0 Å². The highest BCUT2D eigenvalue weighted by molar-refractivity contribution is 6.74. The quantitative estimate of drug-likeness (QED) is 0.274. The van der Waals surface area contributed by atoms with Gasteiger partial charge >= 0.3 is 23.1 Å². The molecule has 0 amide bonds. The maximum absolute atomic E-state index is 11.8. The van der Waals surface area contributed by atoms with Crippen LogP contribution in [-0.4, -0.2) is 102 Å². The van der Waals surface area contributed by atoms with Crippen LogP contribution in [0.1, 0.15) is 110 Å². The molecular formula is C34H64O10Si2. The molecule has 0 aromatic heterocycles. The molecule has 0 bridgehead atoms. The lowest BCUT2D eigenvalue weighted by Crippen LogP contribution is -2.67. The molecule has 0 spiro atoms. The highest BCUT2D eigenvalue weighted by Gasteiger charge is 2.65. The second kappa shape index (κ2) is 13.0. The van der Waals surface area contributed by atoms with Gasteiger partial charge in [0.15, 0.2) is 0 Å². The van der Waals surface area contributed by atoms with Crippen LogP contribution in [0.3, 0.4) is 0 Å². The Bertz CT molecular complexity index is 1050. The van der Waals surface area contributed by atoms with E-state index < -0.39 is 23.2 Å². The average molecular weight is 689 g/mol. The molecular weight excluding hydrogens is 625 g/mol. The lowest BCUT2D eigenvalue weighted by Gasteiger charge is -2.56. The summed E-state index contributed by atoms with van der Waals surface area (Å²) in [5, 5.41) is 19.6. The van der Waals surface area contributed by atoms with Gasteiger partial charge in [0, 0.05) is 45.5 Å². The molecule has 46 heavy (non-hydrogen) atoms. The zero-order chi connectivity index (χ0) is 34.8. The third-order valence-corrected chi connectivity index (χ3v) is 21.0. The van der Waals surface area contributed by atoms with Gasteiger partial charge in [-0.3, -0.25) is 4.79 Å². The summed E-state index contributed by atoms with van der Waals surface area (Å²) in [4.78, 5) is 11.8. The topological polar surface area (TPSA) is 122 Å². The van der Waals surface area contributed by atoms with Gasteiger partial charge < -0.3 is 42.1 Å². The lowest BCUT2D eigenvalue weighted by atomic mass is 9.91. The van der Waals surface area contributed by atoms with Crippen LogP contribution in [0.2, 0.25) is 20.2 Å². The summed E-state index contributed by atoms with van der Waals surface area (Å²) in [6, 6.07) is 0. The summed E-state index contributed by atoms with van der Waals surface area (Å²) < 4.78 is 43.8. The van der Waals surface area contributed by atoms with Gasteiger partial charge in [0.25, 0.3) is 0 Å². The summed E-state index contributed by atoms with van der Waals surface area (Å²) in [6.07, 6.45) is -0.479. The number of aliphatic hydroxyl groups is 2. The molecule has 0 aliphatic carbocycles. The highest BCUT2D eigenvalue weighted by Crippen LogP contribution is 2.56. The standard InChI is InChI=1S/C17H30O5Si.C17H34O5Si/c1-10-14-12(21-15(10)18)8-11-13(20-14)9-19-23(22-11,16(2,3)4)17(5,6)7;1-11(9-18)15-12(19)8-13-14(21-15)10-20-23(22-13,16(2,3)4)17(5,6)7/h10-14H,8-9H2,1-7H3;11-15,18-19H,8-10H2,1-7H3/t10-,11+,12-,13+,14-;11-,12+,13-,14-,15+/m01/s1. The van der Waals surface area contributed by atoms with Gasteiger partial charge in [0.1, 0.15) is 24.4 Å². The minimum Gasteiger partial charge on any atom is -0.459 e. The first-order valence-electron chi connectivity index (χ1n) is 17.3. The average Bonchev–Trinajstić information content (AvgIpc) is 3.20. The first-order valence-corrected chi connectivity index (χ1v) is 21.0. The Kier molecular flexibility index (Phi) is 10.9. The molecule has 5 saturated heterocycles. The van der Waals surface area contributed by atoms with Crippen molar-refractivity contribution in [2.24, 2.45) is 11.8 Å². The SMILES string of the molecule is C[C@@H]1C(=O)O[C@H]2C[C@H]3O[Si](C(C)(C)C)(C(C)(C)C)OC[C@H]3O[C@H]21.C[C@H](CO)[C@@H]1O[C@@H]2CO[Si](C(C)(C)C)(C(C)(C)C)O[C@@H]2C[C@@H]1O. The van der Waals surface area contributed by atoms with Gasteiger partial charge in [-0.25, -0.2) is 0 Å². The van der Waals surface area contributed by atoms with Crippen LogP contribution in [0.5, 0.6) is 0 Å². The van der Waals surface area contributed by atoms with Crippen LogP contribution in [-0.2, 0) is 36.7 Å². The van der Waals surface area contributed by atoms with E-state index >= 15 is 0 Å². The van der Waals surface area contributed by atoms with Gasteiger partial charge in [-0.1, -0.05) is 90.0 Å². The van der Waals surface area contributed by atoms with E-state index in [1.165, 1.54) is 0 Å². The summed E-state index contributed by atoms with van der Waals surface area (Å²) in [5.74, 6) is -0.454. The number of hydrogen-bond acceptors (Lipinski definition) is 10. The van der Waals surface area contributed by atoms with Gasteiger partial charge in [-0.15, -0.1) is 0 Å². The number of carbonyl (C=O) groups excluding carboxylic acids is 1. The Labute approximate surface area is 280 Å². The number of aliphatic hydroxyl groups excluding tert-OH is 2. The Balaban J connectivity index is 0.000000209. The van der Waals surface area contributed by atoms with E-state index in [0.29, 0.717) is 19.6 Å². The largest absolute Gasteiger partial charge is 0.459 e. The second-order valence-electron chi connectivity index (χ2n) is 18.4. The first-order chi connectivity index (χ1) is 20.9. The molecule has 2 N–H and O–H groups in total. The van der Waals surface area contributed by atoms with Crippen LogP contribution in [0, 0.1) is 11.8 Å². The molecule has 5 aliphatic heterocycles. The van der Waals surface area contributed by atoms with Crippen molar-refractivity contribution in [3.63, 3.8) is 0 Å². The van der Waals surface area contributed by atoms with Crippen LogP contribution < -0.4 is 0 Å². The Hall–Kier alpha value is -0.416. The fourth-order valence-electron chi connectivity index (χ4n) is 8.62. The maximum Gasteiger partial charge on any atom is 0.349 e. The number of carbonyl (C=O) groups is 1. The number of esters is 1. The van der Waals surface area contributed by atoms with Crippen molar-refractivity contribution >= 4 is 23.1 Å². The summed E-state index contributed by atoms with van der Waals surface area (Å²) in [6.45, 7) is 31.1. The third-order valence-electron chi connectivity index (χ3n) is 10.6. The van der Waals surface area contributed by atoms with E-state index in [4.69, 9.17) is 31.9 Å². The fraction of sp³-hybridized carbons (Fsp3) is 0.971. The van der Waals surface area contributed by atoms with E-state index in [1.54, 1.807) is 0 Å². The van der Waals surface area contributed by atoms with E-state index in [1.807, 2.05) is 13.8 Å². The maximum atomic E-state index is 11.8. The summed E-state index contributed by atoms with van der Waals surface area (Å²) >= 11 is 0. The molecule has 10 nitrogen and oxygen atoms in total. The molecule has 0 aromatic rings. The third kappa shape index (κ3) is 6.83. The Morgan fingerprint density at radius 1 is 0.717 bits per heavy atom. The van der Waals surface area contributed by atoms with Crippen molar-refractivity contribution in [2.45, 2.75) is 179 Å². The minimum absolute atomic E-state index is 0.00347. The normalized spacial score (nSPS) is 38.3. The number of ether oxygens (including phenoxy) is 3. The number of rotatable bonds is 2.